The van der Waals surface area contributed by atoms with Gasteiger partial charge in [-0.3, -0.25) is 9.78 Å². The van der Waals surface area contributed by atoms with Crippen molar-refractivity contribution in [2.75, 3.05) is 0 Å². The lowest BCUT2D eigenvalue weighted by Gasteiger charge is -2.12. The van der Waals surface area contributed by atoms with E-state index in [0.29, 0.717) is 0 Å². The molecule has 0 radical (unpaired) electrons. The highest BCUT2D eigenvalue weighted by molar-refractivity contribution is 7.14. The molecule has 1 N–H and O–H groups in total. The van der Waals surface area contributed by atoms with Gasteiger partial charge in [-0.15, -0.1) is 11.3 Å². The second-order valence-electron chi connectivity index (χ2n) is 5.92. The molecule has 0 spiro atoms. The van der Waals surface area contributed by atoms with Gasteiger partial charge in [-0.1, -0.05) is 18.9 Å². The Morgan fingerprint density at radius 1 is 1.23 bits per heavy atom. The van der Waals surface area contributed by atoms with Gasteiger partial charge in [-0.2, -0.15) is 0 Å². The molecule has 2 aromatic rings. The molecule has 0 saturated heterocycles. The number of nitrogens with zero attached hydrogens (tertiary/aromatic N) is 1. The first kappa shape index (κ1) is 15.2. The molecular weight excluding hydrogens is 292 g/mol. The van der Waals surface area contributed by atoms with Crippen molar-refractivity contribution in [2.24, 2.45) is 0 Å². The van der Waals surface area contributed by atoms with Gasteiger partial charge in [0, 0.05) is 11.1 Å². The zero-order chi connectivity index (χ0) is 15.4. The van der Waals surface area contributed by atoms with E-state index in [-0.39, 0.29) is 11.9 Å². The van der Waals surface area contributed by atoms with E-state index in [1.807, 2.05) is 25.1 Å². The van der Waals surface area contributed by atoms with Crippen LogP contribution in [0.25, 0.3) is 0 Å². The van der Waals surface area contributed by atoms with Crippen molar-refractivity contribution >= 4 is 17.2 Å². The van der Waals surface area contributed by atoms with Gasteiger partial charge < -0.3 is 5.32 Å². The lowest BCUT2D eigenvalue weighted by molar-refractivity contribution is 0.0943. The minimum Gasteiger partial charge on any atom is -0.343 e. The lowest BCUT2D eigenvalue weighted by atomic mass is 10.00. The number of hydrogen-bond donors (Lipinski definition) is 1. The van der Waals surface area contributed by atoms with Crippen LogP contribution >= 0.6 is 11.3 Å². The Bertz CT molecular complexity index is 610. The summed E-state index contributed by atoms with van der Waals surface area (Å²) in [7, 11) is 0. The van der Waals surface area contributed by atoms with Crippen molar-refractivity contribution in [1.29, 1.82) is 0 Å². The summed E-state index contributed by atoms with van der Waals surface area (Å²) >= 11 is 1.67. The average Bonchev–Trinajstić information content (AvgIpc) is 2.90. The lowest BCUT2D eigenvalue weighted by Crippen LogP contribution is -2.26. The van der Waals surface area contributed by atoms with Crippen LogP contribution in [0.5, 0.6) is 0 Å². The topological polar surface area (TPSA) is 42.0 Å². The zero-order valence-corrected chi connectivity index (χ0v) is 13.8. The summed E-state index contributed by atoms with van der Waals surface area (Å²) in [6.45, 7) is 1.98. The van der Waals surface area contributed by atoms with E-state index in [0.717, 1.165) is 23.4 Å². The van der Waals surface area contributed by atoms with E-state index >= 15 is 0 Å². The smallest absolute Gasteiger partial charge is 0.261 e. The monoisotopic (exact) mass is 314 g/mol. The van der Waals surface area contributed by atoms with Crippen molar-refractivity contribution in [3.8, 4) is 0 Å². The maximum atomic E-state index is 12.5. The molecule has 1 amide bonds. The van der Waals surface area contributed by atoms with E-state index in [2.05, 4.69) is 16.4 Å². The summed E-state index contributed by atoms with van der Waals surface area (Å²) in [5, 5.41) is 3.06. The first-order chi connectivity index (χ1) is 10.7. The Hall–Kier alpha value is -1.68. The molecule has 3 rings (SSSR count). The second-order valence-corrected chi connectivity index (χ2v) is 7.06. The molecule has 1 aliphatic rings. The normalized spacial score (nSPS) is 16.2. The molecule has 4 heteroatoms. The summed E-state index contributed by atoms with van der Waals surface area (Å²) in [6.07, 6.45) is 9.13. The molecule has 1 atom stereocenters. The number of nitrogens with one attached hydrogen (secondary N) is 1. The highest BCUT2D eigenvalue weighted by Crippen LogP contribution is 2.28. The standard InChI is InChI=1S/C18H22N2OS/c1-13(15-9-6-7-11-19-15)20-18(21)17-12-14-8-4-2-3-5-10-16(14)22-17/h6-7,9,11-13H,2-5,8,10H2,1H3,(H,20,21)/t13-/m1/s1. The van der Waals surface area contributed by atoms with Crippen LogP contribution in [0.15, 0.2) is 30.5 Å². The average molecular weight is 314 g/mol. The molecule has 3 nitrogen and oxygen atoms in total. The summed E-state index contributed by atoms with van der Waals surface area (Å²) in [6, 6.07) is 7.81. The second kappa shape index (κ2) is 7.05. The van der Waals surface area contributed by atoms with Crippen molar-refractivity contribution in [3.05, 3.63) is 51.5 Å². The van der Waals surface area contributed by atoms with E-state index in [4.69, 9.17) is 0 Å². The predicted molar refractivity (Wildman–Crippen MR) is 90.3 cm³/mol. The summed E-state index contributed by atoms with van der Waals surface area (Å²) in [5.74, 6) is 0.0231. The van der Waals surface area contributed by atoms with Gasteiger partial charge in [0.1, 0.15) is 0 Å². The number of carbonyl (C=O) groups excluding carboxylic acids is 1. The first-order valence-electron chi connectivity index (χ1n) is 8.07. The van der Waals surface area contributed by atoms with Crippen LogP contribution < -0.4 is 5.32 Å². The van der Waals surface area contributed by atoms with Gasteiger partial charge in [0.2, 0.25) is 0 Å². The van der Waals surface area contributed by atoms with Crippen LogP contribution in [0.3, 0.4) is 0 Å². The Labute approximate surface area is 135 Å². The Kier molecular flexibility index (Phi) is 4.88. The van der Waals surface area contributed by atoms with Crippen LogP contribution in [0.4, 0.5) is 0 Å². The van der Waals surface area contributed by atoms with Crippen molar-refractivity contribution in [1.82, 2.24) is 10.3 Å². The van der Waals surface area contributed by atoms with Gasteiger partial charge in [0.25, 0.3) is 5.91 Å². The molecule has 1 aliphatic carbocycles. The fourth-order valence-corrected chi connectivity index (χ4v) is 4.09. The molecule has 116 valence electrons. The third-order valence-electron chi connectivity index (χ3n) is 4.20. The minimum atomic E-state index is -0.0709. The molecule has 0 unspecified atom stereocenters. The van der Waals surface area contributed by atoms with Gasteiger partial charge in [-0.25, -0.2) is 0 Å². The van der Waals surface area contributed by atoms with Crippen LogP contribution in [0, 0.1) is 0 Å². The van der Waals surface area contributed by atoms with Gasteiger partial charge in [-0.05, 0) is 56.4 Å². The zero-order valence-electron chi connectivity index (χ0n) is 13.0. The molecule has 2 aromatic heterocycles. The minimum absolute atomic E-state index is 0.0231. The number of aryl methyl sites for hydroxylation is 2. The molecule has 0 fully saturated rings. The maximum Gasteiger partial charge on any atom is 0.261 e. The van der Waals surface area contributed by atoms with Crippen LogP contribution in [0.1, 0.15) is 64.5 Å². The number of hydrogen-bond acceptors (Lipinski definition) is 3. The SMILES string of the molecule is C[C@@H](NC(=O)c1cc2c(s1)CCCCCC2)c1ccccn1. The summed E-state index contributed by atoms with van der Waals surface area (Å²) < 4.78 is 0. The number of aromatic nitrogens is 1. The van der Waals surface area contributed by atoms with E-state index < -0.39 is 0 Å². The summed E-state index contributed by atoms with van der Waals surface area (Å²) in [4.78, 5) is 19.0. The molecule has 0 saturated carbocycles. The number of fused-ring (bicyclic) bond motifs is 1. The highest BCUT2D eigenvalue weighted by Gasteiger charge is 2.18. The van der Waals surface area contributed by atoms with Crippen LogP contribution in [-0.2, 0) is 12.8 Å². The van der Waals surface area contributed by atoms with Crippen molar-refractivity contribution in [3.63, 3.8) is 0 Å². The number of carbonyl (C=O) groups is 1. The number of rotatable bonds is 3. The van der Waals surface area contributed by atoms with Crippen LogP contribution in [0.2, 0.25) is 0 Å². The molecule has 0 aromatic carbocycles. The number of amides is 1. The molecule has 0 aliphatic heterocycles. The van der Waals surface area contributed by atoms with Crippen molar-refractivity contribution in [2.45, 2.75) is 51.5 Å². The molecular formula is C18H22N2OS. The fraction of sp³-hybridized carbons (Fsp3) is 0.444. The van der Waals surface area contributed by atoms with E-state index in [1.54, 1.807) is 17.5 Å². The van der Waals surface area contributed by atoms with Crippen molar-refractivity contribution < 1.29 is 4.79 Å². The van der Waals surface area contributed by atoms with E-state index in [1.165, 1.54) is 36.1 Å². The number of pyridine rings is 1. The van der Waals surface area contributed by atoms with E-state index in [9.17, 15) is 4.79 Å². The molecule has 2 heterocycles. The highest BCUT2D eigenvalue weighted by atomic mass is 32.1. The third kappa shape index (κ3) is 3.55. The van der Waals surface area contributed by atoms with Crippen LogP contribution in [-0.4, -0.2) is 10.9 Å². The van der Waals surface area contributed by atoms with Gasteiger partial charge >= 0.3 is 0 Å². The Morgan fingerprint density at radius 3 is 2.82 bits per heavy atom. The van der Waals surface area contributed by atoms with Gasteiger partial charge in [0.15, 0.2) is 0 Å². The maximum absolute atomic E-state index is 12.5. The quantitative estimate of drug-likeness (QED) is 0.918. The fourth-order valence-electron chi connectivity index (χ4n) is 2.93. The first-order valence-corrected chi connectivity index (χ1v) is 8.89. The largest absolute Gasteiger partial charge is 0.343 e. The van der Waals surface area contributed by atoms with Gasteiger partial charge in [0.05, 0.1) is 16.6 Å². The Morgan fingerprint density at radius 2 is 2.05 bits per heavy atom. The molecule has 22 heavy (non-hydrogen) atoms. The molecule has 0 bridgehead atoms. The summed E-state index contributed by atoms with van der Waals surface area (Å²) in [5.41, 5.74) is 2.28. The predicted octanol–water partition coefficient (Wildman–Crippen LogP) is 4.29. The third-order valence-corrected chi connectivity index (χ3v) is 5.44. The number of thiophene rings is 1. The Balaban J connectivity index is 1.71.